The summed E-state index contributed by atoms with van der Waals surface area (Å²) < 4.78 is 58.9. The number of azo groups is 1. The van der Waals surface area contributed by atoms with Gasteiger partial charge in [-0.2, -0.15) is 10.2 Å². The average Bonchev–Trinajstić information content (AvgIpc) is 3.22. The SMILES string of the molecule is CCOc1ccc(S(=O)(=O)c2ccc(OCOC(=O)c3cc(OCCCCCCOc4ccc(N=Nc5ccc(C)cc5)cc4)cc(C(=O)OC)c3)cc2)cc1. The molecular formula is C43H44N2O10S. The van der Waals surface area contributed by atoms with E-state index in [9.17, 15) is 18.0 Å². The summed E-state index contributed by atoms with van der Waals surface area (Å²) in [6, 6.07) is 31.6. The number of rotatable bonds is 20. The van der Waals surface area contributed by atoms with Crippen molar-refractivity contribution in [2.45, 2.75) is 49.3 Å². The van der Waals surface area contributed by atoms with Crippen LogP contribution < -0.4 is 18.9 Å². The van der Waals surface area contributed by atoms with Crippen LogP contribution in [0.15, 0.2) is 135 Å². The molecule has 0 atom stereocenters. The molecule has 0 aliphatic carbocycles. The van der Waals surface area contributed by atoms with Gasteiger partial charge in [0, 0.05) is 0 Å². The van der Waals surface area contributed by atoms with Crippen molar-refractivity contribution >= 4 is 33.2 Å². The largest absolute Gasteiger partial charge is 0.494 e. The van der Waals surface area contributed by atoms with E-state index in [1.165, 1.54) is 67.3 Å². The molecular weight excluding hydrogens is 737 g/mol. The normalized spacial score (nSPS) is 11.2. The van der Waals surface area contributed by atoms with Gasteiger partial charge in [0.1, 0.15) is 23.0 Å². The topological polar surface area (TPSA) is 148 Å². The Balaban J connectivity index is 1.03. The van der Waals surface area contributed by atoms with Crippen molar-refractivity contribution in [2.75, 3.05) is 33.7 Å². The Hall–Kier alpha value is -6.21. The zero-order chi connectivity index (χ0) is 39.8. The molecule has 0 saturated carbocycles. The van der Waals surface area contributed by atoms with Crippen molar-refractivity contribution in [2.24, 2.45) is 10.2 Å². The van der Waals surface area contributed by atoms with E-state index in [4.69, 9.17) is 28.4 Å². The Kier molecular flexibility index (Phi) is 15.0. The number of esters is 2. The van der Waals surface area contributed by atoms with Gasteiger partial charge in [0.05, 0.1) is 59.2 Å². The maximum absolute atomic E-state index is 13.0. The lowest BCUT2D eigenvalue weighted by Gasteiger charge is -2.12. The Morgan fingerprint density at radius 3 is 1.55 bits per heavy atom. The summed E-state index contributed by atoms with van der Waals surface area (Å²) in [5, 5.41) is 8.53. The second-order valence-corrected chi connectivity index (χ2v) is 14.4. The number of sulfone groups is 1. The molecule has 0 unspecified atom stereocenters. The average molecular weight is 781 g/mol. The van der Waals surface area contributed by atoms with Crippen LogP contribution in [0.5, 0.6) is 23.0 Å². The Bertz CT molecular complexity index is 2170. The number of methoxy groups -OCH3 is 1. The third kappa shape index (κ3) is 12.2. The van der Waals surface area contributed by atoms with Crippen LogP contribution in [-0.2, 0) is 19.3 Å². The number of carbonyl (C=O) groups excluding carboxylic acids is 2. The van der Waals surface area contributed by atoms with E-state index >= 15 is 0 Å². The fourth-order valence-electron chi connectivity index (χ4n) is 5.28. The van der Waals surface area contributed by atoms with Gasteiger partial charge < -0.3 is 28.4 Å². The maximum atomic E-state index is 13.0. The van der Waals surface area contributed by atoms with Crippen molar-refractivity contribution in [3.8, 4) is 23.0 Å². The van der Waals surface area contributed by atoms with Crippen molar-refractivity contribution in [1.82, 2.24) is 0 Å². The summed E-state index contributed by atoms with van der Waals surface area (Å²) in [4.78, 5) is 25.5. The number of hydrogen-bond acceptors (Lipinski definition) is 12. The number of nitrogens with zero attached hydrogens (tertiary/aromatic N) is 2. The second-order valence-electron chi connectivity index (χ2n) is 12.5. The van der Waals surface area contributed by atoms with Gasteiger partial charge in [0.25, 0.3) is 0 Å². The molecule has 292 valence electrons. The van der Waals surface area contributed by atoms with E-state index in [1.54, 1.807) is 12.1 Å². The van der Waals surface area contributed by atoms with Crippen LogP contribution in [-0.4, -0.2) is 54.1 Å². The molecule has 0 spiro atoms. The lowest BCUT2D eigenvalue weighted by Crippen LogP contribution is -2.13. The second kappa shape index (κ2) is 20.5. The minimum atomic E-state index is -3.76. The molecule has 0 radical (unpaired) electrons. The van der Waals surface area contributed by atoms with Gasteiger partial charge >= 0.3 is 11.9 Å². The quantitative estimate of drug-likeness (QED) is 0.0324. The number of unbranched alkanes of at least 4 members (excludes halogenated alkanes) is 3. The highest BCUT2D eigenvalue weighted by Crippen LogP contribution is 2.26. The first kappa shape index (κ1) is 41.0. The molecule has 0 aliphatic rings. The summed E-state index contributed by atoms with van der Waals surface area (Å²) in [5.74, 6) is 0.550. The van der Waals surface area contributed by atoms with Gasteiger partial charge in [0.2, 0.25) is 16.6 Å². The molecule has 5 aromatic carbocycles. The zero-order valence-electron chi connectivity index (χ0n) is 31.5. The smallest absolute Gasteiger partial charge is 0.341 e. The van der Waals surface area contributed by atoms with Crippen LogP contribution in [0, 0.1) is 6.92 Å². The highest BCUT2D eigenvalue weighted by atomic mass is 32.2. The standard InChI is InChI=1S/C43H44N2O10S/c1-4-51-36-17-21-40(22-18-36)56(48,49)41-23-19-38(20-24-41)54-30-55-43(47)33-27-32(42(46)50-3)28-39(29-33)53-26-8-6-5-7-25-52-37-15-13-35(14-16-37)45-44-34-11-9-31(2)10-12-34/h9-24,27-29H,4-8,25-26,30H2,1-3H3. The molecule has 5 aromatic rings. The molecule has 5 rings (SSSR count). The number of benzene rings is 5. The van der Waals surface area contributed by atoms with Gasteiger partial charge in [-0.1, -0.05) is 17.7 Å². The monoisotopic (exact) mass is 780 g/mol. The summed E-state index contributed by atoms with van der Waals surface area (Å²) in [6.07, 6.45) is 3.42. The van der Waals surface area contributed by atoms with Gasteiger partial charge in [-0.15, -0.1) is 0 Å². The summed E-state index contributed by atoms with van der Waals surface area (Å²) in [7, 11) is -2.52. The summed E-state index contributed by atoms with van der Waals surface area (Å²) in [6.45, 7) is 4.82. The van der Waals surface area contributed by atoms with Crippen LogP contribution in [0.4, 0.5) is 11.4 Å². The van der Waals surface area contributed by atoms with Crippen molar-refractivity contribution in [3.63, 3.8) is 0 Å². The minimum absolute atomic E-state index is 0.0720. The molecule has 12 nitrogen and oxygen atoms in total. The Labute approximate surface area is 326 Å². The molecule has 0 fully saturated rings. The fraction of sp³-hybridized carbons (Fsp3) is 0.256. The zero-order valence-corrected chi connectivity index (χ0v) is 32.3. The molecule has 0 heterocycles. The first-order chi connectivity index (χ1) is 27.1. The lowest BCUT2D eigenvalue weighted by atomic mass is 10.1. The fourth-order valence-corrected chi connectivity index (χ4v) is 6.54. The predicted molar refractivity (Wildman–Crippen MR) is 209 cm³/mol. The minimum Gasteiger partial charge on any atom is -0.494 e. The van der Waals surface area contributed by atoms with Crippen LogP contribution in [0.25, 0.3) is 0 Å². The first-order valence-corrected chi connectivity index (χ1v) is 19.6. The molecule has 0 aromatic heterocycles. The van der Waals surface area contributed by atoms with Crippen LogP contribution in [0.3, 0.4) is 0 Å². The highest BCUT2D eigenvalue weighted by molar-refractivity contribution is 7.91. The molecule has 56 heavy (non-hydrogen) atoms. The van der Waals surface area contributed by atoms with E-state index in [-0.39, 0.29) is 26.7 Å². The van der Waals surface area contributed by atoms with Crippen LogP contribution in [0.1, 0.15) is 58.9 Å². The predicted octanol–water partition coefficient (Wildman–Crippen LogP) is 9.64. The van der Waals surface area contributed by atoms with Crippen LogP contribution in [0.2, 0.25) is 0 Å². The Morgan fingerprint density at radius 1 is 0.554 bits per heavy atom. The third-order valence-corrected chi connectivity index (χ3v) is 10.1. The number of aryl methyl sites for hydroxylation is 1. The van der Waals surface area contributed by atoms with E-state index in [2.05, 4.69) is 10.2 Å². The molecule has 13 heteroatoms. The number of carbonyl (C=O) groups is 2. The molecule has 0 aliphatic heterocycles. The molecule has 0 amide bonds. The van der Waals surface area contributed by atoms with E-state index in [1.807, 2.05) is 62.4 Å². The maximum Gasteiger partial charge on any atom is 0.341 e. The lowest BCUT2D eigenvalue weighted by molar-refractivity contribution is 0.0153. The van der Waals surface area contributed by atoms with Crippen molar-refractivity contribution in [3.05, 3.63) is 132 Å². The molecule has 0 N–H and O–H groups in total. The Morgan fingerprint density at radius 2 is 1.02 bits per heavy atom. The molecule has 0 bridgehead atoms. The van der Waals surface area contributed by atoms with Gasteiger partial charge in [-0.25, -0.2) is 18.0 Å². The summed E-state index contributed by atoms with van der Waals surface area (Å²) >= 11 is 0. The first-order valence-electron chi connectivity index (χ1n) is 18.1. The van der Waals surface area contributed by atoms with Crippen molar-refractivity contribution < 1.29 is 46.4 Å². The van der Waals surface area contributed by atoms with E-state index in [0.717, 1.165) is 42.8 Å². The van der Waals surface area contributed by atoms with Crippen LogP contribution >= 0.6 is 0 Å². The number of ether oxygens (including phenoxy) is 6. The van der Waals surface area contributed by atoms with Gasteiger partial charge in [-0.05, 0) is 143 Å². The van der Waals surface area contributed by atoms with Gasteiger partial charge in [0.15, 0.2) is 0 Å². The number of hydrogen-bond donors (Lipinski definition) is 0. The van der Waals surface area contributed by atoms with Crippen molar-refractivity contribution in [1.29, 1.82) is 0 Å². The third-order valence-electron chi connectivity index (χ3n) is 8.29. The molecule has 0 saturated heterocycles. The summed E-state index contributed by atoms with van der Waals surface area (Å²) in [5.41, 5.74) is 2.91. The van der Waals surface area contributed by atoms with Gasteiger partial charge in [-0.3, -0.25) is 0 Å². The highest BCUT2D eigenvalue weighted by Gasteiger charge is 2.19. The van der Waals surface area contributed by atoms with E-state index < -0.39 is 28.6 Å². The van der Waals surface area contributed by atoms with E-state index in [0.29, 0.717) is 31.3 Å².